The van der Waals surface area contributed by atoms with Crippen molar-refractivity contribution in [2.24, 2.45) is 5.92 Å². The molecule has 0 spiro atoms. The topological polar surface area (TPSA) is 58.6 Å². The molecule has 2 fully saturated rings. The predicted molar refractivity (Wildman–Crippen MR) is 100 cm³/mol. The Hall–Kier alpha value is -2.82. The molecule has 2 saturated heterocycles. The first kappa shape index (κ1) is 16.4. The zero-order chi connectivity index (χ0) is 18.8. The van der Waals surface area contributed by atoms with Crippen LogP contribution >= 0.6 is 0 Å². The molecule has 0 saturated carbocycles. The lowest BCUT2D eigenvalue weighted by molar-refractivity contribution is -0.156. The highest BCUT2D eigenvalue weighted by atomic mass is 16.5. The third kappa shape index (κ3) is 2.05. The Balaban J connectivity index is 1.75. The third-order valence-electron chi connectivity index (χ3n) is 6.46. The largest absolute Gasteiger partial charge is 0.493 e. The van der Waals surface area contributed by atoms with Gasteiger partial charge in [0, 0.05) is 17.4 Å². The van der Waals surface area contributed by atoms with Crippen LogP contribution in [0, 0.1) is 5.92 Å². The van der Waals surface area contributed by atoms with Crippen molar-refractivity contribution in [1.29, 1.82) is 0 Å². The van der Waals surface area contributed by atoms with Crippen molar-refractivity contribution in [3.63, 3.8) is 0 Å². The maximum absolute atomic E-state index is 13.3. The van der Waals surface area contributed by atoms with Gasteiger partial charge in [-0.1, -0.05) is 48.5 Å². The number of carbonyl (C=O) groups excluding carboxylic acids is 2. The van der Waals surface area contributed by atoms with Crippen molar-refractivity contribution >= 4 is 11.8 Å². The molecule has 5 nitrogen and oxygen atoms in total. The van der Waals surface area contributed by atoms with Crippen molar-refractivity contribution in [3.05, 3.63) is 65.7 Å². The predicted octanol–water partition coefficient (Wildman–Crippen LogP) is 2.64. The van der Waals surface area contributed by atoms with Crippen LogP contribution in [0.1, 0.15) is 36.9 Å². The molecule has 0 unspecified atom stereocenters. The van der Waals surface area contributed by atoms with Gasteiger partial charge in [0.05, 0.1) is 12.6 Å². The minimum atomic E-state index is -0.943. The molecule has 27 heavy (non-hydrogen) atoms. The Morgan fingerprint density at radius 3 is 2.56 bits per heavy atom. The Kier molecular flexibility index (Phi) is 3.39. The minimum Gasteiger partial charge on any atom is -0.493 e. The van der Waals surface area contributed by atoms with E-state index in [2.05, 4.69) is 5.32 Å². The number of rotatable bonds is 1. The van der Waals surface area contributed by atoms with E-state index in [9.17, 15) is 9.59 Å². The molecule has 5 atom stereocenters. The Morgan fingerprint density at radius 2 is 1.78 bits per heavy atom. The van der Waals surface area contributed by atoms with E-state index in [4.69, 9.17) is 4.74 Å². The summed E-state index contributed by atoms with van der Waals surface area (Å²) in [5, 5.41) is 2.90. The fourth-order valence-corrected chi connectivity index (χ4v) is 5.29. The first-order valence-corrected chi connectivity index (χ1v) is 9.44. The molecule has 2 aromatic carbocycles. The van der Waals surface area contributed by atoms with E-state index in [0.717, 1.165) is 16.9 Å². The molecule has 2 aromatic rings. The van der Waals surface area contributed by atoms with E-state index >= 15 is 0 Å². The maximum Gasteiger partial charge on any atom is 0.247 e. The number of piperazine rings is 1. The Bertz CT molecular complexity index is 928. The summed E-state index contributed by atoms with van der Waals surface area (Å²) < 4.78 is 6.07. The first-order valence-electron chi connectivity index (χ1n) is 9.44. The average molecular weight is 362 g/mol. The van der Waals surface area contributed by atoms with Gasteiger partial charge in [0.2, 0.25) is 11.8 Å². The van der Waals surface area contributed by atoms with Crippen LogP contribution in [-0.4, -0.2) is 34.9 Å². The molecular weight excluding hydrogens is 340 g/mol. The number of para-hydroxylation sites is 1. The van der Waals surface area contributed by atoms with E-state index in [-0.39, 0.29) is 29.7 Å². The van der Waals surface area contributed by atoms with E-state index in [1.165, 1.54) is 0 Å². The summed E-state index contributed by atoms with van der Waals surface area (Å²) in [4.78, 5) is 28.4. The van der Waals surface area contributed by atoms with E-state index in [1.54, 1.807) is 6.92 Å². The quantitative estimate of drug-likeness (QED) is 0.848. The molecule has 0 bridgehead atoms. The number of fused-ring (bicyclic) bond motifs is 5. The van der Waals surface area contributed by atoms with Crippen LogP contribution in [0.2, 0.25) is 0 Å². The fourth-order valence-electron chi connectivity index (χ4n) is 5.29. The molecule has 0 aliphatic carbocycles. The van der Waals surface area contributed by atoms with Gasteiger partial charge in [-0.15, -0.1) is 0 Å². The lowest BCUT2D eigenvalue weighted by atomic mass is 9.73. The molecule has 2 amide bonds. The average Bonchev–Trinajstić information content (AvgIpc) is 2.97. The molecule has 5 rings (SSSR count). The second-order valence-electron chi connectivity index (χ2n) is 7.90. The number of nitrogens with zero attached hydrogens (tertiary/aromatic N) is 1. The number of hydrogen-bond donors (Lipinski definition) is 1. The van der Waals surface area contributed by atoms with Crippen molar-refractivity contribution in [2.75, 3.05) is 6.61 Å². The highest BCUT2D eigenvalue weighted by Crippen LogP contribution is 2.59. The molecule has 3 aliphatic rings. The van der Waals surface area contributed by atoms with E-state index < -0.39 is 11.6 Å². The zero-order valence-electron chi connectivity index (χ0n) is 15.4. The van der Waals surface area contributed by atoms with Crippen LogP contribution in [0.15, 0.2) is 54.6 Å². The summed E-state index contributed by atoms with van der Waals surface area (Å²) in [5.74, 6) is 0.583. The Morgan fingerprint density at radius 1 is 1.07 bits per heavy atom. The van der Waals surface area contributed by atoms with Crippen LogP contribution in [0.4, 0.5) is 0 Å². The van der Waals surface area contributed by atoms with Crippen molar-refractivity contribution < 1.29 is 14.3 Å². The molecule has 3 heterocycles. The second kappa shape index (κ2) is 5.59. The summed E-state index contributed by atoms with van der Waals surface area (Å²) in [6, 6.07) is 17.2. The van der Waals surface area contributed by atoms with Gasteiger partial charge in [-0.2, -0.15) is 0 Å². The van der Waals surface area contributed by atoms with Gasteiger partial charge >= 0.3 is 0 Å². The molecular formula is C22H22N2O3. The Labute approximate surface area is 158 Å². The summed E-state index contributed by atoms with van der Waals surface area (Å²) in [6.07, 6.45) is 0. The van der Waals surface area contributed by atoms with Gasteiger partial charge in [0.1, 0.15) is 17.3 Å². The summed E-state index contributed by atoms with van der Waals surface area (Å²) in [7, 11) is 0. The number of hydrogen-bond acceptors (Lipinski definition) is 3. The van der Waals surface area contributed by atoms with Crippen LogP contribution in [0.25, 0.3) is 0 Å². The SMILES string of the molecule is C[C@@H]1NC(=O)[C@@]2(C)[C@@H](c3ccccc3)[C@H]3COc4ccccc4[C@@H]3N2C1=O. The van der Waals surface area contributed by atoms with Crippen LogP contribution in [0.3, 0.4) is 0 Å². The molecule has 138 valence electrons. The smallest absolute Gasteiger partial charge is 0.247 e. The van der Waals surface area contributed by atoms with Gasteiger partial charge in [0.15, 0.2) is 0 Å². The van der Waals surface area contributed by atoms with E-state index in [0.29, 0.717) is 6.61 Å². The van der Waals surface area contributed by atoms with Gasteiger partial charge in [-0.05, 0) is 25.5 Å². The lowest BCUT2D eigenvalue weighted by Crippen LogP contribution is -2.68. The first-order chi connectivity index (χ1) is 13.0. The number of nitrogens with one attached hydrogen (secondary N) is 1. The third-order valence-corrected chi connectivity index (χ3v) is 6.46. The number of benzene rings is 2. The number of amides is 2. The van der Waals surface area contributed by atoms with Crippen LogP contribution < -0.4 is 10.1 Å². The van der Waals surface area contributed by atoms with Crippen molar-refractivity contribution in [2.45, 2.75) is 37.4 Å². The molecule has 1 N–H and O–H groups in total. The summed E-state index contributed by atoms with van der Waals surface area (Å²) >= 11 is 0. The molecule has 0 aromatic heterocycles. The zero-order valence-corrected chi connectivity index (χ0v) is 15.4. The highest BCUT2D eigenvalue weighted by Gasteiger charge is 2.66. The number of ether oxygens (including phenoxy) is 1. The maximum atomic E-state index is 13.3. The lowest BCUT2D eigenvalue weighted by Gasteiger charge is -2.45. The summed E-state index contributed by atoms with van der Waals surface area (Å²) in [6.45, 7) is 4.16. The minimum absolute atomic E-state index is 0.0206. The molecule has 3 aliphatic heterocycles. The fraction of sp³-hybridized carbons (Fsp3) is 0.364. The second-order valence-corrected chi connectivity index (χ2v) is 7.90. The van der Waals surface area contributed by atoms with Gasteiger partial charge in [-0.3, -0.25) is 9.59 Å². The highest BCUT2D eigenvalue weighted by molar-refractivity contribution is 6.01. The van der Waals surface area contributed by atoms with E-state index in [1.807, 2.05) is 66.4 Å². The monoisotopic (exact) mass is 362 g/mol. The van der Waals surface area contributed by atoms with Gasteiger partial charge in [0.25, 0.3) is 0 Å². The van der Waals surface area contributed by atoms with Crippen molar-refractivity contribution in [3.8, 4) is 5.75 Å². The molecule has 0 radical (unpaired) electrons. The number of carbonyl (C=O) groups is 2. The normalized spacial score (nSPS) is 34.2. The van der Waals surface area contributed by atoms with Gasteiger partial charge in [-0.25, -0.2) is 0 Å². The van der Waals surface area contributed by atoms with Crippen LogP contribution in [0.5, 0.6) is 5.75 Å². The molecule has 5 heteroatoms. The van der Waals surface area contributed by atoms with Gasteiger partial charge < -0.3 is 15.0 Å². The summed E-state index contributed by atoms with van der Waals surface area (Å²) in [5.41, 5.74) is 1.12. The standard InChI is InChI=1S/C22H22N2O3/c1-13-20(25)24-19-15-10-6-7-11-17(15)27-12-16(19)18(14-8-4-3-5-9-14)22(24,2)21(26)23-13/h3-11,13,16,18-19H,12H2,1-2H3,(H,23,26)/t13-,16+,18-,19-,22+/m0/s1. The van der Waals surface area contributed by atoms with Crippen molar-refractivity contribution in [1.82, 2.24) is 10.2 Å². The van der Waals surface area contributed by atoms with Crippen LogP contribution in [-0.2, 0) is 9.59 Å².